The van der Waals surface area contributed by atoms with Crippen LogP contribution in [0.2, 0.25) is 0 Å². The van der Waals surface area contributed by atoms with Crippen LogP contribution in [-0.4, -0.2) is 36.6 Å². The third kappa shape index (κ3) is 3.52. The summed E-state index contributed by atoms with van der Waals surface area (Å²) in [5.74, 6) is -3.40. The molecule has 31 heavy (non-hydrogen) atoms. The quantitative estimate of drug-likeness (QED) is 0.666. The van der Waals surface area contributed by atoms with Gasteiger partial charge in [-0.2, -0.15) is 0 Å². The van der Waals surface area contributed by atoms with Gasteiger partial charge in [0.1, 0.15) is 18.3 Å². The first-order valence-electron chi connectivity index (χ1n) is 9.95. The molecule has 158 valence electrons. The number of para-hydroxylation sites is 1. The molecule has 0 amide bonds. The van der Waals surface area contributed by atoms with Crippen LogP contribution in [0.25, 0.3) is 5.70 Å². The maximum absolute atomic E-state index is 13.4. The maximum Gasteiger partial charge on any atom is 0.315 e. The van der Waals surface area contributed by atoms with E-state index in [1.54, 1.807) is 50.2 Å². The zero-order valence-corrected chi connectivity index (χ0v) is 17.1. The number of nitrogens with zero attached hydrogens (tertiary/aromatic N) is 1. The number of fused-ring (bicyclic) bond motifs is 2. The highest BCUT2D eigenvalue weighted by Crippen LogP contribution is 2.49. The highest BCUT2D eigenvalue weighted by Gasteiger charge is 2.46. The van der Waals surface area contributed by atoms with Crippen LogP contribution in [0.3, 0.4) is 0 Å². The fourth-order valence-corrected chi connectivity index (χ4v) is 4.23. The number of carbonyl (C=O) groups is 3. The van der Waals surface area contributed by atoms with Gasteiger partial charge in [0.25, 0.3) is 0 Å². The van der Waals surface area contributed by atoms with Crippen molar-refractivity contribution in [2.24, 2.45) is 10.9 Å². The van der Waals surface area contributed by atoms with Crippen LogP contribution >= 0.6 is 0 Å². The summed E-state index contributed by atoms with van der Waals surface area (Å²) < 4.78 is 10.8. The summed E-state index contributed by atoms with van der Waals surface area (Å²) in [5, 5.41) is 11.0. The zero-order valence-electron chi connectivity index (χ0n) is 17.1. The molecule has 0 saturated heterocycles. The lowest BCUT2D eigenvalue weighted by Crippen LogP contribution is -2.35. The van der Waals surface area contributed by atoms with Gasteiger partial charge in [-0.3, -0.25) is 14.6 Å². The Hall–Kier alpha value is -3.74. The van der Waals surface area contributed by atoms with Gasteiger partial charge < -0.3 is 19.4 Å². The molecule has 7 nitrogen and oxygen atoms in total. The van der Waals surface area contributed by atoms with Gasteiger partial charge in [0.2, 0.25) is 0 Å². The minimum absolute atomic E-state index is 0.179. The third-order valence-corrected chi connectivity index (χ3v) is 5.45. The molecule has 4 rings (SSSR count). The van der Waals surface area contributed by atoms with E-state index in [1.807, 2.05) is 12.1 Å². The summed E-state index contributed by atoms with van der Waals surface area (Å²) in [7, 11) is 0. The number of hydrogen-bond acceptors (Lipinski definition) is 7. The van der Waals surface area contributed by atoms with Crippen molar-refractivity contribution in [1.82, 2.24) is 0 Å². The fourth-order valence-electron chi connectivity index (χ4n) is 4.23. The van der Waals surface area contributed by atoms with E-state index < -0.39 is 30.4 Å². The van der Waals surface area contributed by atoms with Crippen LogP contribution in [0, 0.1) is 5.92 Å². The molecule has 0 N–H and O–H groups in total. The van der Waals surface area contributed by atoms with Crippen LogP contribution in [0.5, 0.6) is 5.75 Å². The first kappa shape index (κ1) is 20.5. The minimum atomic E-state index is -1.37. The molecule has 1 aliphatic carbocycles. The molecule has 0 radical (unpaired) electrons. The van der Waals surface area contributed by atoms with Gasteiger partial charge in [0.05, 0.1) is 18.3 Å². The number of carboxylic acid groups (broad SMARTS) is 1. The Kier molecular flexibility index (Phi) is 5.42. The van der Waals surface area contributed by atoms with Crippen LogP contribution < -0.4 is 9.84 Å². The molecule has 0 saturated carbocycles. The number of aliphatic imine (C=N–C) groups is 1. The van der Waals surface area contributed by atoms with Gasteiger partial charge in [0.15, 0.2) is 5.78 Å². The average molecular weight is 418 g/mol. The van der Waals surface area contributed by atoms with E-state index in [0.717, 1.165) is 0 Å². The van der Waals surface area contributed by atoms with Crippen molar-refractivity contribution >= 4 is 29.1 Å². The molecule has 2 aromatic rings. The number of benzene rings is 2. The lowest BCUT2D eigenvalue weighted by Gasteiger charge is -2.31. The number of carboxylic acids is 1. The van der Waals surface area contributed by atoms with E-state index in [0.29, 0.717) is 33.7 Å². The summed E-state index contributed by atoms with van der Waals surface area (Å²) >= 11 is 0. The Morgan fingerprint density at radius 2 is 1.74 bits per heavy atom. The molecule has 1 aliphatic heterocycles. The second-order valence-corrected chi connectivity index (χ2v) is 7.30. The average Bonchev–Trinajstić information content (AvgIpc) is 3.03. The predicted octanol–water partition coefficient (Wildman–Crippen LogP) is 2.16. The normalized spacial score (nSPS) is 19.4. The van der Waals surface area contributed by atoms with E-state index in [1.165, 1.54) is 0 Å². The van der Waals surface area contributed by atoms with Crippen molar-refractivity contribution in [3.8, 4) is 5.75 Å². The smallest absolute Gasteiger partial charge is 0.315 e. The molecule has 1 unspecified atom stereocenters. The second-order valence-electron chi connectivity index (χ2n) is 7.30. The molecule has 2 aliphatic rings. The Balaban J connectivity index is 1.91. The number of hydrogen-bond donors (Lipinski definition) is 0. The van der Waals surface area contributed by atoms with Gasteiger partial charge in [-0.05, 0) is 19.9 Å². The summed E-state index contributed by atoms with van der Waals surface area (Å²) in [4.78, 5) is 41.9. The van der Waals surface area contributed by atoms with Crippen molar-refractivity contribution in [2.75, 3.05) is 13.2 Å². The van der Waals surface area contributed by atoms with Gasteiger partial charge >= 0.3 is 5.97 Å². The molecule has 0 bridgehead atoms. The number of ketones is 1. The number of allylic oxidation sites excluding steroid dienone is 1. The summed E-state index contributed by atoms with van der Waals surface area (Å²) in [5.41, 5.74) is 3.17. The fraction of sp³-hybridized carbons (Fsp3) is 0.250. The first-order chi connectivity index (χ1) is 14.9. The molecule has 0 spiro atoms. The molecular weight excluding hydrogens is 398 g/mol. The van der Waals surface area contributed by atoms with Crippen molar-refractivity contribution in [2.45, 2.75) is 19.8 Å². The van der Waals surface area contributed by atoms with Crippen molar-refractivity contribution in [3.05, 3.63) is 70.8 Å². The van der Waals surface area contributed by atoms with Gasteiger partial charge in [-0.25, -0.2) is 0 Å². The molecule has 0 aromatic heterocycles. The molecule has 1 heterocycles. The Labute approximate surface area is 179 Å². The minimum Gasteiger partial charge on any atom is -0.546 e. The number of esters is 1. The Morgan fingerprint density at radius 1 is 1.06 bits per heavy atom. The molecular formula is C24H20NO6-. The zero-order chi connectivity index (χ0) is 22.1. The third-order valence-electron chi connectivity index (χ3n) is 5.45. The van der Waals surface area contributed by atoms with Crippen molar-refractivity contribution in [1.29, 1.82) is 0 Å². The number of carbonyl (C=O) groups excluding carboxylic acids is 3. The largest absolute Gasteiger partial charge is 0.546 e. The SMILES string of the molecule is CCOC(=O)C1C(C)=NC2=C(C(=O)c3ccccc32)[C@@H]1c1ccccc1OCC(=O)[O-]. The van der Waals surface area contributed by atoms with Gasteiger partial charge in [0, 0.05) is 33.9 Å². The Bertz CT molecular complexity index is 1150. The van der Waals surface area contributed by atoms with E-state index >= 15 is 0 Å². The number of rotatable bonds is 6. The second kappa shape index (κ2) is 8.18. The summed E-state index contributed by atoms with van der Waals surface area (Å²) in [6, 6.07) is 13.9. The highest BCUT2D eigenvalue weighted by molar-refractivity contribution is 6.24. The topological polar surface area (TPSA) is 105 Å². The maximum atomic E-state index is 13.4. The number of aliphatic carboxylic acids is 1. The Morgan fingerprint density at radius 3 is 2.45 bits per heavy atom. The monoisotopic (exact) mass is 418 g/mol. The van der Waals surface area contributed by atoms with Crippen molar-refractivity contribution in [3.63, 3.8) is 0 Å². The lowest BCUT2D eigenvalue weighted by atomic mass is 9.75. The molecule has 2 aromatic carbocycles. The predicted molar refractivity (Wildman–Crippen MR) is 111 cm³/mol. The number of ether oxygens (including phenoxy) is 2. The van der Waals surface area contributed by atoms with E-state index in [9.17, 15) is 19.5 Å². The van der Waals surface area contributed by atoms with E-state index in [-0.39, 0.29) is 18.1 Å². The van der Waals surface area contributed by atoms with Gasteiger partial charge in [-0.15, -0.1) is 0 Å². The standard InChI is InChI=1S/C24H21NO6/c1-3-30-24(29)19-13(2)25-22-14-8-4-5-9-15(14)23(28)21(22)20(19)16-10-6-7-11-17(16)31-12-18(26)27/h4-11,19-20H,3,12H2,1-2H3,(H,26,27)/p-1/t19?,20-/m1/s1. The summed E-state index contributed by atoms with van der Waals surface area (Å²) in [6.07, 6.45) is 0. The van der Waals surface area contributed by atoms with Crippen LogP contribution in [0.15, 0.2) is 59.1 Å². The van der Waals surface area contributed by atoms with E-state index in [2.05, 4.69) is 4.99 Å². The first-order valence-corrected chi connectivity index (χ1v) is 9.95. The highest BCUT2D eigenvalue weighted by atomic mass is 16.5. The van der Waals surface area contributed by atoms with Gasteiger partial charge in [-0.1, -0.05) is 42.5 Å². The van der Waals surface area contributed by atoms with Crippen LogP contribution in [-0.2, 0) is 14.3 Å². The van der Waals surface area contributed by atoms with Crippen LogP contribution in [0.4, 0.5) is 0 Å². The molecule has 7 heteroatoms. The van der Waals surface area contributed by atoms with Crippen molar-refractivity contribution < 1.29 is 29.0 Å². The summed E-state index contributed by atoms with van der Waals surface area (Å²) in [6.45, 7) is 2.97. The molecule has 2 atom stereocenters. The molecule has 0 fully saturated rings. The van der Waals surface area contributed by atoms with E-state index in [4.69, 9.17) is 9.47 Å². The number of Topliss-reactive ketones (excluding diaryl/α,β-unsaturated/α-hetero) is 1. The van der Waals surface area contributed by atoms with Crippen LogP contribution in [0.1, 0.15) is 41.3 Å². The lowest BCUT2D eigenvalue weighted by molar-refractivity contribution is -0.307.